The second kappa shape index (κ2) is 8.29. The normalized spacial score (nSPS) is 19.7. The Morgan fingerprint density at radius 1 is 0.864 bits per heavy atom. The van der Waals surface area contributed by atoms with E-state index in [1.807, 2.05) is 0 Å². The lowest BCUT2D eigenvalue weighted by atomic mass is 8.86. The molecule has 1 rings (SSSR count). The standard InChI is InChI=1S/C8H24B14/c1-3(17-9)5-6(4(2)21(14)22(15)16)7(5)8(19(11)12)20(13)18-10/h17-18H,9-16H2,1-2H3/b5-3?,6-4-,8-7-. The molecule has 22 heavy (non-hydrogen) atoms. The van der Waals surface area contributed by atoms with Crippen LogP contribution in [0.4, 0.5) is 0 Å². The summed E-state index contributed by atoms with van der Waals surface area (Å²) in [5, 5.41) is 1.69. The summed E-state index contributed by atoms with van der Waals surface area (Å²) in [6.45, 7) is 6.69. The van der Waals surface area contributed by atoms with Gasteiger partial charge in [-0.3, -0.25) is 0 Å². The Balaban J connectivity index is 3.54. The Labute approximate surface area is 149 Å². The topological polar surface area (TPSA) is 0 Å². The quantitative estimate of drug-likeness (QED) is 0.421. The van der Waals surface area contributed by atoms with Gasteiger partial charge in [-0.15, -0.1) is 10.9 Å². The molecule has 0 N–H and O–H groups in total. The largest absolute Gasteiger partial charge is 0.154 e. The Morgan fingerprint density at radius 3 is 1.77 bits per heavy atom. The Morgan fingerprint density at radius 2 is 1.41 bits per heavy atom. The van der Waals surface area contributed by atoms with E-state index in [9.17, 15) is 0 Å². The summed E-state index contributed by atoms with van der Waals surface area (Å²) in [6, 6.07) is 0. The van der Waals surface area contributed by atoms with E-state index in [1.165, 1.54) is 7.06 Å². The first-order valence-corrected chi connectivity index (χ1v) is 9.34. The SMILES string of the molecule is BBB(B)/C(B(B)B)=C1/C(=C(C)BB)/C1=C(\C)B(B)B(B)B. The first-order chi connectivity index (χ1) is 10.2. The van der Waals surface area contributed by atoms with Crippen LogP contribution in [0.2, 0.25) is 0 Å². The second-order valence-electron chi connectivity index (χ2n) is 7.89. The molecule has 0 aromatic rings. The smallest absolute Gasteiger partial charge is 0.114 e. The molecule has 1 saturated carbocycles. The van der Waals surface area contributed by atoms with Crippen LogP contribution >= 0.6 is 0 Å². The predicted molar refractivity (Wildman–Crippen MR) is 138 cm³/mol. The summed E-state index contributed by atoms with van der Waals surface area (Å²) in [5.41, 5.74) is 8.03. The summed E-state index contributed by atoms with van der Waals surface area (Å²) in [7, 11) is 21.2. The summed E-state index contributed by atoms with van der Waals surface area (Å²) < 4.78 is 0. The summed E-state index contributed by atoms with van der Waals surface area (Å²) >= 11 is 0. The summed E-state index contributed by atoms with van der Waals surface area (Å²) in [5.74, 6) is 0. The molecule has 0 aromatic heterocycles. The van der Waals surface area contributed by atoms with Gasteiger partial charge in [-0.2, -0.15) is 5.37 Å². The molecular weight excluding hydrogens is 247 g/mol. The van der Waals surface area contributed by atoms with Crippen molar-refractivity contribution >= 4 is 102 Å². The second-order valence-corrected chi connectivity index (χ2v) is 7.89. The molecule has 98 valence electrons. The molecule has 0 heterocycles. The van der Waals surface area contributed by atoms with E-state index in [-0.39, 0.29) is 0 Å². The maximum Gasteiger partial charge on any atom is 0.114 e. The first kappa shape index (κ1) is 20.2. The Bertz CT molecular complexity index is 515. The van der Waals surface area contributed by atoms with E-state index in [0.717, 1.165) is 7.17 Å². The highest BCUT2D eigenvalue weighted by Gasteiger charge is 2.39. The van der Waals surface area contributed by atoms with Crippen LogP contribution in [0.25, 0.3) is 0 Å². The minimum absolute atomic E-state index is 0.643. The highest BCUT2D eigenvalue weighted by Crippen LogP contribution is 2.50. The molecule has 0 bridgehead atoms. The first-order valence-electron chi connectivity index (χ1n) is 9.34. The van der Waals surface area contributed by atoms with Crippen LogP contribution in [0.1, 0.15) is 13.8 Å². The molecule has 0 spiro atoms. The van der Waals surface area contributed by atoms with E-state index < -0.39 is 0 Å². The van der Waals surface area contributed by atoms with Crippen molar-refractivity contribution in [1.29, 1.82) is 0 Å². The average molecular weight is 272 g/mol. The number of rotatable bonds is 6. The lowest BCUT2D eigenvalue weighted by Crippen LogP contribution is -2.39. The van der Waals surface area contributed by atoms with E-state index in [1.54, 1.807) is 33.0 Å². The Kier molecular flexibility index (Phi) is 7.61. The van der Waals surface area contributed by atoms with E-state index >= 15 is 0 Å². The van der Waals surface area contributed by atoms with Crippen LogP contribution in [-0.2, 0) is 0 Å². The summed E-state index contributed by atoms with van der Waals surface area (Å²) in [4.78, 5) is 0. The molecule has 1 aliphatic carbocycles. The maximum absolute atomic E-state index is 2.40. The van der Waals surface area contributed by atoms with Crippen LogP contribution < -0.4 is 0 Å². The van der Waals surface area contributed by atoms with Crippen molar-refractivity contribution in [3.63, 3.8) is 0 Å². The molecule has 14 heteroatoms. The van der Waals surface area contributed by atoms with Crippen molar-refractivity contribution in [2.45, 2.75) is 13.8 Å². The number of hydrogen-bond donors (Lipinski definition) is 0. The van der Waals surface area contributed by atoms with Crippen molar-refractivity contribution in [2.24, 2.45) is 0 Å². The van der Waals surface area contributed by atoms with E-state index in [0.29, 0.717) is 25.9 Å². The third-order valence-electron chi connectivity index (χ3n) is 5.78. The van der Waals surface area contributed by atoms with Gasteiger partial charge in [0.15, 0.2) is 0 Å². The van der Waals surface area contributed by atoms with Crippen LogP contribution in [0.5, 0.6) is 0 Å². The van der Waals surface area contributed by atoms with Gasteiger partial charge in [-0.25, -0.2) is 0 Å². The monoisotopic (exact) mass is 274 g/mol. The third kappa shape index (κ3) is 4.15. The molecule has 1 fully saturated rings. The van der Waals surface area contributed by atoms with Gasteiger partial charge in [0.1, 0.15) is 7.17 Å². The molecule has 0 aromatic carbocycles. The van der Waals surface area contributed by atoms with Gasteiger partial charge >= 0.3 is 0 Å². The van der Waals surface area contributed by atoms with Crippen molar-refractivity contribution < 1.29 is 0 Å². The molecule has 0 radical (unpaired) electrons. The zero-order valence-electron chi connectivity index (χ0n) is 16.7. The van der Waals surface area contributed by atoms with Crippen LogP contribution in [0.15, 0.2) is 33.0 Å². The van der Waals surface area contributed by atoms with Gasteiger partial charge < -0.3 is 0 Å². The zero-order chi connectivity index (χ0) is 17.2. The van der Waals surface area contributed by atoms with Crippen LogP contribution in [-0.4, -0.2) is 102 Å². The highest BCUT2D eigenvalue weighted by molar-refractivity contribution is 7.68. The van der Waals surface area contributed by atoms with Crippen LogP contribution in [0, 0.1) is 0 Å². The van der Waals surface area contributed by atoms with Crippen LogP contribution in [0.3, 0.4) is 0 Å². The van der Waals surface area contributed by atoms with Gasteiger partial charge in [0.2, 0.25) is 0 Å². The molecule has 0 aliphatic heterocycles. The van der Waals surface area contributed by atoms with Gasteiger partial charge in [-0.1, -0.05) is 13.8 Å². The molecular formula is C8H24B14. The molecule has 0 amide bonds. The van der Waals surface area contributed by atoms with E-state index in [2.05, 4.69) is 75.7 Å². The third-order valence-corrected chi connectivity index (χ3v) is 5.78. The maximum atomic E-state index is 2.40. The fourth-order valence-electron chi connectivity index (χ4n) is 3.53. The van der Waals surface area contributed by atoms with Gasteiger partial charge in [0.05, 0.1) is 88.4 Å². The minimum Gasteiger partial charge on any atom is -0.154 e. The number of allylic oxidation sites excluding steroid dienone is 5. The lowest BCUT2D eigenvalue weighted by molar-refractivity contribution is 1.60. The molecule has 0 saturated heterocycles. The predicted octanol–water partition coefficient (Wildman–Crippen LogP) is -8.19. The molecule has 1 aliphatic rings. The number of hydrogen-bond acceptors (Lipinski definition) is 0. The molecule has 0 nitrogen and oxygen atoms in total. The van der Waals surface area contributed by atoms with Crippen molar-refractivity contribution in [3.8, 4) is 0 Å². The van der Waals surface area contributed by atoms with Gasteiger partial charge in [0.25, 0.3) is 0 Å². The average Bonchev–Trinajstić information content (AvgIpc) is 3.18. The molecule has 0 atom stereocenters. The minimum atomic E-state index is 0.643. The van der Waals surface area contributed by atoms with Crippen molar-refractivity contribution in [3.05, 3.63) is 33.0 Å². The van der Waals surface area contributed by atoms with Crippen molar-refractivity contribution in [1.82, 2.24) is 0 Å². The zero-order valence-corrected chi connectivity index (χ0v) is 16.7. The lowest BCUT2D eigenvalue weighted by Gasteiger charge is -2.14. The fourth-order valence-corrected chi connectivity index (χ4v) is 3.53. The van der Waals surface area contributed by atoms with Gasteiger partial charge in [-0.05, 0) is 16.7 Å². The Hall–Kier alpha value is 0.129. The summed E-state index contributed by atoms with van der Waals surface area (Å²) in [6.07, 6.45) is 0.712. The van der Waals surface area contributed by atoms with E-state index in [4.69, 9.17) is 0 Å². The van der Waals surface area contributed by atoms with Crippen molar-refractivity contribution in [2.75, 3.05) is 0 Å². The highest BCUT2D eigenvalue weighted by atomic mass is 14.3. The molecule has 0 unspecified atom stereocenters. The fraction of sp³-hybridized carbons (Fsp3) is 0.250. The van der Waals surface area contributed by atoms with Gasteiger partial charge in [0, 0.05) is 6.39 Å².